The van der Waals surface area contributed by atoms with Gasteiger partial charge in [-0.25, -0.2) is 4.39 Å². The van der Waals surface area contributed by atoms with E-state index in [4.69, 9.17) is 5.26 Å². The lowest BCUT2D eigenvalue weighted by Crippen LogP contribution is -1.96. The maximum absolute atomic E-state index is 13.4. The Morgan fingerprint density at radius 3 is 2.63 bits per heavy atom. The Morgan fingerprint density at radius 2 is 2.00 bits per heavy atom. The van der Waals surface area contributed by atoms with Crippen molar-refractivity contribution in [1.82, 2.24) is 0 Å². The van der Waals surface area contributed by atoms with Gasteiger partial charge in [-0.15, -0.1) is 0 Å². The van der Waals surface area contributed by atoms with Gasteiger partial charge in [0.25, 0.3) is 5.69 Å². The topological polar surface area (TPSA) is 79.0 Å². The number of nitriles is 1. The van der Waals surface area contributed by atoms with Crippen molar-refractivity contribution in [1.29, 1.82) is 5.26 Å². The van der Waals surface area contributed by atoms with Crippen molar-refractivity contribution >= 4 is 17.1 Å². The average Bonchev–Trinajstić information content (AvgIpc) is 2.41. The fourth-order valence-electron chi connectivity index (χ4n) is 1.58. The quantitative estimate of drug-likeness (QED) is 0.675. The smallest absolute Gasteiger partial charge is 0.287 e. The van der Waals surface area contributed by atoms with Gasteiger partial charge in [0.1, 0.15) is 17.4 Å². The van der Waals surface area contributed by atoms with Crippen molar-refractivity contribution < 1.29 is 9.31 Å². The van der Waals surface area contributed by atoms with Gasteiger partial charge in [0.05, 0.1) is 10.6 Å². The molecule has 5 nitrogen and oxygen atoms in total. The number of rotatable bonds is 3. The maximum atomic E-state index is 13.4. The zero-order valence-corrected chi connectivity index (χ0v) is 9.63. The highest BCUT2D eigenvalue weighted by Crippen LogP contribution is 2.25. The number of anilines is 2. The second kappa shape index (κ2) is 5.14. The predicted octanol–water partition coefficient (Wildman–Crippen LogP) is 3.35. The van der Waals surface area contributed by atoms with Crippen LogP contribution in [-0.4, -0.2) is 4.92 Å². The van der Waals surface area contributed by atoms with Crippen LogP contribution >= 0.6 is 0 Å². The van der Waals surface area contributed by atoms with Crippen LogP contribution in [0.5, 0.6) is 0 Å². The molecule has 19 heavy (non-hydrogen) atoms. The minimum absolute atomic E-state index is 0.0775. The van der Waals surface area contributed by atoms with Crippen molar-refractivity contribution in [3.8, 4) is 6.07 Å². The minimum atomic E-state index is -0.633. The molecule has 0 aliphatic heterocycles. The van der Waals surface area contributed by atoms with E-state index in [9.17, 15) is 14.5 Å². The molecule has 0 heterocycles. The van der Waals surface area contributed by atoms with E-state index in [0.29, 0.717) is 5.69 Å². The molecule has 0 spiro atoms. The predicted molar refractivity (Wildman–Crippen MR) is 67.5 cm³/mol. The van der Waals surface area contributed by atoms with Gasteiger partial charge in [0, 0.05) is 11.8 Å². The van der Waals surface area contributed by atoms with Crippen molar-refractivity contribution in [2.45, 2.75) is 0 Å². The first-order valence-electron chi connectivity index (χ1n) is 5.32. The average molecular weight is 257 g/mol. The molecule has 0 aromatic heterocycles. The van der Waals surface area contributed by atoms with Gasteiger partial charge in [0.2, 0.25) is 0 Å². The van der Waals surface area contributed by atoms with E-state index in [1.165, 1.54) is 30.3 Å². The van der Waals surface area contributed by atoms with E-state index in [2.05, 4.69) is 5.32 Å². The molecule has 6 heteroatoms. The zero-order chi connectivity index (χ0) is 13.8. The second-order valence-corrected chi connectivity index (χ2v) is 3.71. The summed E-state index contributed by atoms with van der Waals surface area (Å²) < 4.78 is 13.4. The third kappa shape index (κ3) is 2.66. The number of hydrogen-bond acceptors (Lipinski definition) is 4. The molecule has 0 radical (unpaired) electrons. The molecule has 0 saturated heterocycles. The van der Waals surface area contributed by atoms with Gasteiger partial charge in [-0.1, -0.05) is 12.1 Å². The highest BCUT2D eigenvalue weighted by molar-refractivity contribution is 5.65. The molecular formula is C13H8FN3O2. The van der Waals surface area contributed by atoms with Crippen molar-refractivity contribution in [2.24, 2.45) is 0 Å². The summed E-state index contributed by atoms with van der Waals surface area (Å²) in [6.07, 6.45) is 0. The van der Waals surface area contributed by atoms with Crippen LogP contribution in [-0.2, 0) is 0 Å². The van der Waals surface area contributed by atoms with Crippen LogP contribution in [0.1, 0.15) is 5.56 Å². The summed E-state index contributed by atoms with van der Waals surface area (Å²) in [5.41, 5.74) is 0.292. The normalized spacial score (nSPS) is 9.68. The number of nitrogens with one attached hydrogen (secondary N) is 1. The van der Waals surface area contributed by atoms with Gasteiger partial charge >= 0.3 is 0 Å². The Kier molecular flexibility index (Phi) is 3.39. The first-order chi connectivity index (χ1) is 9.11. The van der Waals surface area contributed by atoms with E-state index in [1.807, 2.05) is 0 Å². The van der Waals surface area contributed by atoms with Crippen LogP contribution in [0.25, 0.3) is 0 Å². The molecule has 0 atom stereocenters. The van der Waals surface area contributed by atoms with Crippen LogP contribution in [0.2, 0.25) is 0 Å². The molecule has 0 saturated carbocycles. The number of benzene rings is 2. The standard InChI is InChI=1S/C13H8FN3O2/c14-11-3-1-2-4-12(11)16-10-5-6-13(17(18)19)9(7-10)8-15/h1-7,16H. The largest absolute Gasteiger partial charge is 0.353 e. The van der Waals surface area contributed by atoms with E-state index in [1.54, 1.807) is 18.2 Å². The minimum Gasteiger partial charge on any atom is -0.353 e. The van der Waals surface area contributed by atoms with Crippen LogP contribution in [0.15, 0.2) is 42.5 Å². The van der Waals surface area contributed by atoms with Crippen LogP contribution in [0, 0.1) is 27.3 Å². The van der Waals surface area contributed by atoms with E-state index in [-0.39, 0.29) is 16.9 Å². The highest BCUT2D eigenvalue weighted by Gasteiger charge is 2.14. The number of para-hydroxylation sites is 1. The Hall–Kier alpha value is -2.94. The summed E-state index contributed by atoms with van der Waals surface area (Å²) in [4.78, 5) is 10.0. The van der Waals surface area contributed by atoms with Gasteiger partial charge < -0.3 is 5.32 Å². The van der Waals surface area contributed by atoms with Crippen LogP contribution in [0.4, 0.5) is 21.5 Å². The number of nitro benzene ring substituents is 1. The van der Waals surface area contributed by atoms with Gasteiger partial charge in [-0.3, -0.25) is 10.1 Å². The summed E-state index contributed by atoms with van der Waals surface area (Å²) in [5.74, 6) is -0.445. The zero-order valence-electron chi connectivity index (χ0n) is 9.63. The number of hydrogen-bond donors (Lipinski definition) is 1. The van der Waals surface area contributed by atoms with Crippen molar-refractivity contribution in [3.05, 3.63) is 64.0 Å². The molecule has 1 N–H and O–H groups in total. The van der Waals surface area contributed by atoms with Crippen LogP contribution in [0.3, 0.4) is 0 Å². The van der Waals surface area contributed by atoms with Gasteiger partial charge in [0.15, 0.2) is 0 Å². The maximum Gasteiger partial charge on any atom is 0.287 e. The lowest BCUT2D eigenvalue weighted by molar-refractivity contribution is -0.385. The van der Waals surface area contributed by atoms with E-state index in [0.717, 1.165) is 0 Å². The monoisotopic (exact) mass is 257 g/mol. The van der Waals surface area contributed by atoms with E-state index < -0.39 is 10.7 Å². The molecule has 0 aliphatic rings. The second-order valence-electron chi connectivity index (χ2n) is 3.71. The molecule has 0 bridgehead atoms. The SMILES string of the molecule is N#Cc1cc(Nc2ccccc2F)ccc1[N+](=O)[O-]. The molecule has 2 aromatic carbocycles. The number of nitrogens with zero attached hydrogens (tertiary/aromatic N) is 2. The molecule has 0 aliphatic carbocycles. The lowest BCUT2D eigenvalue weighted by Gasteiger charge is -2.07. The molecule has 0 fully saturated rings. The molecule has 0 unspecified atom stereocenters. The lowest BCUT2D eigenvalue weighted by atomic mass is 10.1. The fraction of sp³-hybridized carbons (Fsp3) is 0. The highest BCUT2D eigenvalue weighted by atomic mass is 19.1. The molecular weight excluding hydrogens is 249 g/mol. The van der Waals surface area contributed by atoms with Crippen LogP contribution < -0.4 is 5.32 Å². The summed E-state index contributed by atoms with van der Waals surface area (Å²) >= 11 is 0. The molecule has 94 valence electrons. The van der Waals surface area contributed by atoms with Gasteiger partial charge in [-0.2, -0.15) is 5.26 Å². The summed E-state index contributed by atoms with van der Waals surface area (Å²) in [6, 6.07) is 11.7. The fourth-order valence-corrected chi connectivity index (χ4v) is 1.58. The number of nitro groups is 1. The Bertz CT molecular complexity index is 680. The third-order valence-corrected chi connectivity index (χ3v) is 2.47. The van der Waals surface area contributed by atoms with Crippen molar-refractivity contribution in [2.75, 3.05) is 5.32 Å². The number of halogens is 1. The Balaban J connectivity index is 2.36. The summed E-state index contributed by atoms with van der Waals surface area (Å²) in [6.45, 7) is 0. The molecule has 2 aromatic rings. The first kappa shape index (κ1) is 12.5. The molecule has 0 amide bonds. The summed E-state index contributed by atoms with van der Waals surface area (Å²) in [5, 5.41) is 22.3. The first-order valence-corrected chi connectivity index (χ1v) is 5.32. The molecule has 2 rings (SSSR count). The third-order valence-electron chi connectivity index (χ3n) is 2.47. The summed E-state index contributed by atoms with van der Waals surface area (Å²) in [7, 11) is 0. The van der Waals surface area contributed by atoms with Crippen molar-refractivity contribution in [3.63, 3.8) is 0 Å². The van der Waals surface area contributed by atoms with Gasteiger partial charge in [-0.05, 0) is 24.3 Å². The Labute approximate surface area is 108 Å². The van der Waals surface area contributed by atoms with E-state index >= 15 is 0 Å². The Morgan fingerprint density at radius 1 is 1.26 bits per heavy atom.